The zero-order valence-corrected chi connectivity index (χ0v) is 8.99. The topological polar surface area (TPSA) is 32.9 Å². The summed E-state index contributed by atoms with van der Waals surface area (Å²) in [5.74, 6) is 0. The van der Waals surface area contributed by atoms with Crippen LogP contribution in [0.25, 0.3) is 0 Å². The number of hydrogen-bond donors (Lipinski definition) is 1. The van der Waals surface area contributed by atoms with Gasteiger partial charge in [0.1, 0.15) is 0 Å². The number of halogens is 6. The number of aromatic amines is 1. The van der Waals surface area contributed by atoms with Crippen LogP contribution in [0.2, 0.25) is 0 Å². The fraction of sp³-hybridized carbons (Fsp3) is 0.286. The zero-order valence-electron chi connectivity index (χ0n) is 6.83. The first-order valence-corrected chi connectivity index (χ1v) is 4.59. The molecule has 0 bridgehead atoms. The molecule has 8 heteroatoms. The quantitative estimate of drug-likeness (QED) is 0.476. The Labute approximate surface area is 93.6 Å². The van der Waals surface area contributed by atoms with Gasteiger partial charge in [0.15, 0.2) is 0 Å². The van der Waals surface area contributed by atoms with Crippen LogP contribution in [0.5, 0.6) is 0 Å². The van der Waals surface area contributed by atoms with Crippen LogP contribution in [-0.4, -0.2) is 4.98 Å². The first kappa shape index (κ1) is 12.4. The minimum atomic E-state index is -4.91. The van der Waals surface area contributed by atoms with Crippen molar-refractivity contribution in [3.8, 4) is 0 Å². The lowest BCUT2D eigenvalue weighted by molar-refractivity contribution is -0.140. The normalized spacial score (nSPS) is 12.2. The number of hydrogen-bond acceptors (Lipinski definition) is 1. The lowest BCUT2D eigenvalue weighted by atomic mass is 10.1. The summed E-state index contributed by atoms with van der Waals surface area (Å²) in [5, 5.41) is 0. The molecule has 2 nitrogen and oxygen atoms in total. The molecule has 1 rings (SSSR count). The van der Waals surface area contributed by atoms with Gasteiger partial charge in [0.2, 0.25) is 5.56 Å². The molecule has 1 aromatic heterocycles. The summed E-state index contributed by atoms with van der Waals surface area (Å²) >= 11 is 1.16. The van der Waals surface area contributed by atoms with E-state index in [1.54, 1.807) is 0 Å². The lowest BCUT2D eigenvalue weighted by Crippen LogP contribution is -2.19. The Bertz CT molecular complexity index is 424. The molecule has 15 heavy (non-hydrogen) atoms. The van der Waals surface area contributed by atoms with Crippen molar-refractivity contribution in [2.45, 2.75) is 12.6 Å². The first-order chi connectivity index (χ1) is 6.73. The molecular weight excluding hydrogens is 336 g/mol. The number of alkyl halides is 5. The van der Waals surface area contributed by atoms with E-state index in [4.69, 9.17) is 0 Å². The van der Waals surface area contributed by atoms with Crippen molar-refractivity contribution in [1.82, 2.24) is 4.98 Å². The van der Waals surface area contributed by atoms with Gasteiger partial charge in [0.25, 0.3) is 6.43 Å². The summed E-state index contributed by atoms with van der Waals surface area (Å²) in [6, 6.07) is 0.260. The maximum Gasteiger partial charge on any atom is 0.419 e. The third-order valence-corrected chi connectivity index (χ3v) is 2.36. The van der Waals surface area contributed by atoms with Gasteiger partial charge in [-0.25, -0.2) is 8.78 Å². The van der Waals surface area contributed by atoms with Crippen LogP contribution >= 0.6 is 22.6 Å². The van der Waals surface area contributed by atoms with Crippen LogP contribution in [0.1, 0.15) is 17.6 Å². The van der Waals surface area contributed by atoms with Gasteiger partial charge in [-0.1, -0.05) is 0 Å². The van der Waals surface area contributed by atoms with Gasteiger partial charge >= 0.3 is 6.18 Å². The highest BCUT2D eigenvalue weighted by atomic mass is 127. The number of pyridine rings is 1. The summed E-state index contributed by atoms with van der Waals surface area (Å²) in [7, 11) is 0. The van der Waals surface area contributed by atoms with Crippen molar-refractivity contribution in [1.29, 1.82) is 0 Å². The summed E-state index contributed by atoms with van der Waals surface area (Å²) in [5.41, 5.74) is -3.77. The zero-order chi connectivity index (χ0) is 11.8. The molecule has 0 aliphatic carbocycles. The Kier molecular flexibility index (Phi) is 3.36. The van der Waals surface area contributed by atoms with E-state index in [0.717, 1.165) is 22.6 Å². The third kappa shape index (κ3) is 2.67. The van der Waals surface area contributed by atoms with Gasteiger partial charge in [0.05, 0.1) is 9.26 Å². The van der Waals surface area contributed by atoms with Crippen LogP contribution in [0, 0.1) is 3.70 Å². The SMILES string of the molecule is O=c1cc(C(F)F)c(C(F)(F)F)c(I)[nH]1. The van der Waals surface area contributed by atoms with Gasteiger partial charge in [-0.05, 0) is 22.6 Å². The molecule has 1 N–H and O–H groups in total. The highest BCUT2D eigenvalue weighted by Crippen LogP contribution is 2.37. The van der Waals surface area contributed by atoms with Gasteiger partial charge < -0.3 is 4.98 Å². The van der Waals surface area contributed by atoms with Crippen molar-refractivity contribution in [3.63, 3.8) is 0 Å². The standard InChI is InChI=1S/C7H3F5INO/c8-5(9)2-1-3(15)14-6(13)4(2)7(10,11)12/h1,5H,(H,14,15). The van der Waals surface area contributed by atoms with E-state index < -0.39 is 33.0 Å². The fourth-order valence-corrected chi connectivity index (χ4v) is 1.89. The van der Waals surface area contributed by atoms with Crippen LogP contribution in [0.4, 0.5) is 22.0 Å². The second-order valence-electron chi connectivity index (χ2n) is 2.58. The van der Waals surface area contributed by atoms with Crippen molar-refractivity contribution >= 4 is 22.6 Å². The predicted molar refractivity (Wildman–Crippen MR) is 49.7 cm³/mol. The van der Waals surface area contributed by atoms with E-state index in [2.05, 4.69) is 0 Å². The van der Waals surface area contributed by atoms with Crippen molar-refractivity contribution in [3.05, 3.63) is 31.2 Å². The monoisotopic (exact) mass is 339 g/mol. The number of aromatic nitrogens is 1. The van der Waals surface area contributed by atoms with Gasteiger partial charge in [0, 0.05) is 11.6 Å². The maximum absolute atomic E-state index is 12.3. The lowest BCUT2D eigenvalue weighted by Gasteiger charge is -2.13. The largest absolute Gasteiger partial charge is 0.419 e. The number of H-pyrrole nitrogens is 1. The third-order valence-electron chi connectivity index (χ3n) is 1.55. The van der Waals surface area contributed by atoms with Crippen molar-refractivity contribution in [2.24, 2.45) is 0 Å². The summed E-state index contributed by atoms with van der Waals surface area (Å²) in [6.07, 6.45) is -8.25. The summed E-state index contributed by atoms with van der Waals surface area (Å²) in [4.78, 5) is 12.6. The molecule has 0 amide bonds. The van der Waals surface area contributed by atoms with Gasteiger partial charge in [-0.2, -0.15) is 13.2 Å². The summed E-state index contributed by atoms with van der Waals surface area (Å²) in [6.45, 7) is 0. The maximum atomic E-state index is 12.3. The van der Waals surface area contributed by atoms with Crippen LogP contribution < -0.4 is 5.56 Å². The molecule has 0 radical (unpaired) electrons. The molecule has 0 atom stereocenters. The van der Waals surface area contributed by atoms with Crippen LogP contribution in [-0.2, 0) is 6.18 Å². The Hall–Kier alpha value is -0.670. The Morgan fingerprint density at radius 1 is 1.33 bits per heavy atom. The van der Waals surface area contributed by atoms with E-state index in [0.29, 0.717) is 0 Å². The van der Waals surface area contributed by atoms with E-state index in [-0.39, 0.29) is 6.07 Å². The molecule has 1 aromatic rings. The molecule has 0 saturated heterocycles. The van der Waals surface area contributed by atoms with E-state index in [1.807, 2.05) is 4.98 Å². The van der Waals surface area contributed by atoms with Gasteiger partial charge in [-0.15, -0.1) is 0 Å². The van der Waals surface area contributed by atoms with Crippen molar-refractivity contribution < 1.29 is 22.0 Å². The molecule has 0 aliphatic rings. The molecule has 0 aromatic carbocycles. The van der Waals surface area contributed by atoms with E-state index in [1.165, 1.54) is 0 Å². The minimum absolute atomic E-state index is 0.260. The van der Waals surface area contributed by atoms with E-state index >= 15 is 0 Å². The first-order valence-electron chi connectivity index (χ1n) is 3.51. The Balaban J connectivity index is 3.55. The second kappa shape index (κ2) is 4.06. The minimum Gasteiger partial charge on any atom is -0.317 e. The Morgan fingerprint density at radius 2 is 1.87 bits per heavy atom. The Morgan fingerprint density at radius 3 is 2.27 bits per heavy atom. The van der Waals surface area contributed by atoms with E-state index in [9.17, 15) is 26.7 Å². The number of nitrogens with one attached hydrogen (secondary N) is 1. The highest BCUT2D eigenvalue weighted by Gasteiger charge is 2.38. The molecule has 0 saturated carbocycles. The molecular formula is C7H3F5INO. The molecule has 0 unspecified atom stereocenters. The fourth-order valence-electron chi connectivity index (χ4n) is 1.01. The summed E-state index contributed by atoms with van der Waals surface area (Å²) < 4.78 is 60.9. The average molecular weight is 339 g/mol. The average Bonchev–Trinajstić information content (AvgIpc) is 1.99. The smallest absolute Gasteiger partial charge is 0.317 e. The highest BCUT2D eigenvalue weighted by molar-refractivity contribution is 14.1. The molecule has 0 spiro atoms. The van der Waals surface area contributed by atoms with Gasteiger partial charge in [-0.3, -0.25) is 4.79 Å². The molecule has 1 heterocycles. The van der Waals surface area contributed by atoms with Crippen LogP contribution in [0.3, 0.4) is 0 Å². The molecule has 0 aliphatic heterocycles. The van der Waals surface area contributed by atoms with Crippen molar-refractivity contribution in [2.75, 3.05) is 0 Å². The molecule has 0 fully saturated rings. The second-order valence-corrected chi connectivity index (χ2v) is 3.66. The number of rotatable bonds is 1. The predicted octanol–water partition coefficient (Wildman–Crippen LogP) is 2.94. The van der Waals surface area contributed by atoms with Crippen LogP contribution in [0.15, 0.2) is 10.9 Å². The molecule has 84 valence electrons.